The summed E-state index contributed by atoms with van der Waals surface area (Å²) in [7, 11) is 1.25. The Balaban J connectivity index is 2.16. The normalized spacial score (nSPS) is 13.2. The molecule has 30 heavy (non-hydrogen) atoms. The molecule has 0 saturated carbocycles. The van der Waals surface area contributed by atoms with Gasteiger partial charge in [0.05, 0.1) is 12.8 Å². The Morgan fingerprint density at radius 2 is 1.93 bits per heavy atom. The van der Waals surface area contributed by atoms with Gasteiger partial charge >= 0.3 is 12.1 Å². The fourth-order valence-electron chi connectivity index (χ4n) is 2.45. The van der Waals surface area contributed by atoms with E-state index in [-0.39, 0.29) is 13.3 Å². The number of carbonyl (C=O) groups is 3. The van der Waals surface area contributed by atoms with Gasteiger partial charge in [-0.05, 0) is 39.2 Å². The van der Waals surface area contributed by atoms with Crippen molar-refractivity contribution in [1.82, 2.24) is 10.7 Å². The molecular formula is C19H27N3O7S. The van der Waals surface area contributed by atoms with Crippen molar-refractivity contribution >= 4 is 35.4 Å². The third-order valence-electron chi connectivity index (χ3n) is 3.77. The molecule has 0 fully saturated rings. The molecule has 1 aromatic carbocycles. The largest absolute Gasteiger partial charge is 0.468 e. The van der Waals surface area contributed by atoms with Gasteiger partial charge in [-0.25, -0.2) is 4.79 Å². The highest BCUT2D eigenvalue weighted by atomic mass is 32.2. The standard InChI is InChI=1S/C19H27N3O7S/c1-19(2,3)29-18(25)20-13(10-30-5)17(24)21-22(9-16(23)26-4)12-6-7-14-15(8-12)28-11-27-14/h6-8,13H,9-11H2,1-5H3,(H,20,25)(H,21,24)/t13-/m0/s1. The predicted molar refractivity (Wildman–Crippen MR) is 112 cm³/mol. The molecule has 0 bridgehead atoms. The zero-order valence-electron chi connectivity index (χ0n) is 17.6. The number of amides is 2. The summed E-state index contributed by atoms with van der Waals surface area (Å²) in [6, 6.07) is 4.09. The minimum atomic E-state index is -0.885. The Hall–Kier alpha value is -2.82. The molecule has 0 aromatic heterocycles. The molecule has 166 valence electrons. The molecule has 1 atom stereocenters. The first-order valence-corrected chi connectivity index (χ1v) is 10.5. The number of fused-ring (bicyclic) bond motifs is 1. The van der Waals surface area contributed by atoms with E-state index in [0.29, 0.717) is 22.9 Å². The van der Waals surface area contributed by atoms with E-state index in [1.807, 2.05) is 0 Å². The molecule has 0 unspecified atom stereocenters. The Bertz CT molecular complexity index is 782. The second-order valence-corrected chi connectivity index (χ2v) is 8.24. The number of carbonyl (C=O) groups excluding carboxylic acids is 3. The lowest BCUT2D eigenvalue weighted by atomic mass is 10.2. The number of hydrogen-bond donors (Lipinski definition) is 2. The van der Waals surface area contributed by atoms with Crippen LogP contribution < -0.4 is 25.2 Å². The van der Waals surface area contributed by atoms with Crippen molar-refractivity contribution in [2.45, 2.75) is 32.4 Å². The van der Waals surface area contributed by atoms with E-state index < -0.39 is 29.6 Å². The van der Waals surface area contributed by atoms with Gasteiger partial charge in [-0.3, -0.25) is 20.0 Å². The van der Waals surface area contributed by atoms with Crippen molar-refractivity contribution in [3.8, 4) is 11.5 Å². The number of rotatable bonds is 8. The van der Waals surface area contributed by atoms with Gasteiger partial charge in [0.25, 0.3) is 5.91 Å². The van der Waals surface area contributed by atoms with Crippen LogP contribution in [-0.2, 0) is 19.1 Å². The smallest absolute Gasteiger partial charge is 0.408 e. The summed E-state index contributed by atoms with van der Waals surface area (Å²) in [5.74, 6) is 0.281. The van der Waals surface area contributed by atoms with E-state index in [1.54, 1.807) is 45.2 Å². The summed E-state index contributed by atoms with van der Waals surface area (Å²) in [6.45, 7) is 5.04. The monoisotopic (exact) mass is 441 g/mol. The number of alkyl carbamates (subject to hydrolysis) is 1. The van der Waals surface area contributed by atoms with Crippen molar-refractivity contribution in [1.29, 1.82) is 0 Å². The molecule has 0 saturated heterocycles. The van der Waals surface area contributed by atoms with E-state index >= 15 is 0 Å². The lowest BCUT2D eigenvalue weighted by Crippen LogP contribution is -2.55. The van der Waals surface area contributed by atoms with Crippen molar-refractivity contribution < 1.29 is 33.3 Å². The highest BCUT2D eigenvalue weighted by Gasteiger charge is 2.27. The molecule has 1 aliphatic rings. The Labute approximate surface area is 179 Å². The second-order valence-electron chi connectivity index (χ2n) is 7.33. The molecule has 1 aromatic rings. The number of hydrogen-bond acceptors (Lipinski definition) is 9. The van der Waals surface area contributed by atoms with Gasteiger partial charge in [0, 0.05) is 11.8 Å². The molecule has 2 amide bonds. The molecule has 1 heterocycles. The summed E-state index contributed by atoms with van der Waals surface area (Å²) in [4.78, 5) is 36.9. The number of benzene rings is 1. The molecule has 0 radical (unpaired) electrons. The van der Waals surface area contributed by atoms with Gasteiger partial charge < -0.3 is 24.3 Å². The van der Waals surface area contributed by atoms with E-state index in [1.165, 1.54) is 23.9 Å². The van der Waals surface area contributed by atoms with Gasteiger partial charge in [-0.15, -0.1) is 0 Å². The number of esters is 1. The SMILES string of the molecule is COC(=O)CN(NC(=O)[C@H](CSC)NC(=O)OC(C)(C)C)c1ccc2c(c1)OCO2. The highest BCUT2D eigenvalue weighted by molar-refractivity contribution is 7.98. The van der Waals surface area contributed by atoms with Crippen LogP contribution in [0.4, 0.5) is 10.5 Å². The fraction of sp³-hybridized carbons (Fsp3) is 0.526. The summed E-state index contributed by atoms with van der Waals surface area (Å²) >= 11 is 1.38. The fourth-order valence-corrected chi connectivity index (χ4v) is 3.02. The minimum absolute atomic E-state index is 0.0950. The van der Waals surface area contributed by atoms with Crippen molar-refractivity contribution in [2.75, 3.05) is 37.5 Å². The molecule has 11 heteroatoms. The number of anilines is 1. The van der Waals surface area contributed by atoms with Crippen LogP contribution in [-0.4, -0.2) is 62.1 Å². The van der Waals surface area contributed by atoms with Crippen LogP contribution in [0.3, 0.4) is 0 Å². The number of methoxy groups -OCH3 is 1. The highest BCUT2D eigenvalue weighted by Crippen LogP contribution is 2.35. The van der Waals surface area contributed by atoms with Gasteiger partial charge in [-0.2, -0.15) is 11.8 Å². The van der Waals surface area contributed by atoms with Crippen LogP contribution in [0.5, 0.6) is 11.5 Å². The van der Waals surface area contributed by atoms with Crippen LogP contribution in [0.1, 0.15) is 20.8 Å². The average Bonchev–Trinajstić information content (AvgIpc) is 3.13. The number of nitrogens with one attached hydrogen (secondary N) is 2. The third kappa shape index (κ3) is 6.90. The first-order chi connectivity index (χ1) is 14.1. The first kappa shape index (κ1) is 23.5. The Morgan fingerprint density at radius 1 is 1.23 bits per heavy atom. The average molecular weight is 442 g/mol. The Kier molecular flexibility index (Phi) is 8.04. The maximum absolute atomic E-state index is 12.9. The summed E-state index contributed by atoms with van der Waals surface area (Å²) in [6.07, 6.45) is 1.10. The molecule has 0 aliphatic carbocycles. The zero-order chi connectivity index (χ0) is 22.3. The molecule has 10 nitrogen and oxygen atoms in total. The Morgan fingerprint density at radius 3 is 2.57 bits per heavy atom. The maximum Gasteiger partial charge on any atom is 0.408 e. The van der Waals surface area contributed by atoms with Gasteiger partial charge in [0.15, 0.2) is 11.5 Å². The summed E-state index contributed by atoms with van der Waals surface area (Å²) < 4.78 is 20.6. The van der Waals surface area contributed by atoms with Crippen molar-refractivity contribution in [3.63, 3.8) is 0 Å². The van der Waals surface area contributed by atoms with E-state index in [4.69, 9.17) is 18.9 Å². The minimum Gasteiger partial charge on any atom is -0.468 e. The molecule has 0 spiro atoms. The zero-order valence-corrected chi connectivity index (χ0v) is 18.5. The maximum atomic E-state index is 12.9. The van der Waals surface area contributed by atoms with E-state index in [2.05, 4.69) is 10.7 Å². The first-order valence-electron chi connectivity index (χ1n) is 9.16. The topological polar surface area (TPSA) is 115 Å². The third-order valence-corrected chi connectivity index (χ3v) is 4.44. The van der Waals surface area contributed by atoms with Crippen LogP contribution in [0, 0.1) is 0 Å². The van der Waals surface area contributed by atoms with Gasteiger partial charge in [0.1, 0.15) is 18.2 Å². The summed E-state index contributed by atoms with van der Waals surface area (Å²) in [5.41, 5.74) is 2.44. The number of ether oxygens (including phenoxy) is 4. The molecular weight excluding hydrogens is 414 g/mol. The quantitative estimate of drug-likeness (QED) is 0.459. The lowest BCUT2D eigenvalue weighted by Gasteiger charge is -2.28. The predicted octanol–water partition coefficient (Wildman–Crippen LogP) is 1.68. The van der Waals surface area contributed by atoms with Crippen LogP contribution in [0.25, 0.3) is 0 Å². The number of hydrazine groups is 1. The second kappa shape index (κ2) is 10.3. The molecule has 2 N–H and O–H groups in total. The van der Waals surface area contributed by atoms with Crippen LogP contribution in [0.15, 0.2) is 18.2 Å². The van der Waals surface area contributed by atoms with Crippen LogP contribution >= 0.6 is 11.8 Å². The van der Waals surface area contributed by atoms with Crippen molar-refractivity contribution in [2.24, 2.45) is 0 Å². The van der Waals surface area contributed by atoms with Crippen LogP contribution in [0.2, 0.25) is 0 Å². The van der Waals surface area contributed by atoms with Gasteiger partial charge in [-0.1, -0.05) is 0 Å². The number of thioether (sulfide) groups is 1. The van der Waals surface area contributed by atoms with E-state index in [0.717, 1.165) is 0 Å². The van der Waals surface area contributed by atoms with Gasteiger partial charge in [0.2, 0.25) is 6.79 Å². The summed E-state index contributed by atoms with van der Waals surface area (Å²) in [5, 5.41) is 3.88. The van der Waals surface area contributed by atoms with Crippen molar-refractivity contribution in [3.05, 3.63) is 18.2 Å². The number of nitrogens with zero attached hydrogens (tertiary/aromatic N) is 1. The van der Waals surface area contributed by atoms with E-state index in [9.17, 15) is 14.4 Å². The lowest BCUT2D eigenvalue weighted by molar-refractivity contribution is -0.139. The molecule has 2 rings (SSSR count). The molecule has 1 aliphatic heterocycles.